The van der Waals surface area contributed by atoms with Crippen LogP contribution in [0, 0.1) is 6.92 Å². The highest BCUT2D eigenvalue weighted by molar-refractivity contribution is 6.31. The first kappa shape index (κ1) is 15.5. The van der Waals surface area contributed by atoms with E-state index in [1.54, 1.807) is 11.0 Å². The molecule has 0 radical (unpaired) electrons. The van der Waals surface area contributed by atoms with Gasteiger partial charge in [-0.1, -0.05) is 11.6 Å². The van der Waals surface area contributed by atoms with Crippen LogP contribution < -0.4 is 5.32 Å². The van der Waals surface area contributed by atoms with E-state index < -0.39 is 5.54 Å². The lowest BCUT2D eigenvalue weighted by atomic mass is 9.86. The number of hydrogen-bond acceptors (Lipinski definition) is 2. The summed E-state index contributed by atoms with van der Waals surface area (Å²) in [4.78, 5) is 30.8. The third kappa shape index (κ3) is 2.14. The number of nitrogens with one attached hydrogen (secondary N) is 2. The topological polar surface area (TPSA) is 65.2 Å². The smallest absolute Gasteiger partial charge is 0.271 e. The van der Waals surface area contributed by atoms with Crippen molar-refractivity contribution in [2.45, 2.75) is 38.1 Å². The Bertz CT molecular complexity index is 844. The van der Waals surface area contributed by atoms with Crippen LogP contribution in [0.15, 0.2) is 18.2 Å². The van der Waals surface area contributed by atoms with Gasteiger partial charge in [0.15, 0.2) is 0 Å². The van der Waals surface area contributed by atoms with Gasteiger partial charge in [0.2, 0.25) is 5.91 Å². The summed E-state index contributed by atoms with van der Waals surface area (Å²) >= 11 is 6.08. The van der Waals surface area contributed by atoms with Crippen molar-refractivity contribution in [3.8, 4) is 0 Å². The number of piperidine rings is 1. The van der Waals surface area contributed by atoms with Crippen molar-refractivity contribution in [2.75, 3.05) is 13.1 Å². The maximum absolute atomic E-state index is 13.2. The van der Waals surface area contributed by atoms with Crippen molar-refractivity contribution in [3.63, 3.8) is 0 Å². The molecular formula is C18H20ClN3O2. The van der Waals surface area contributed by atoms with Gasteiger partial charge in [0.05, 0.1) is 0 Å². The molecule has 2 N–H and O–H groups in total. The molecule has 2 aliphatic heterocycles. The number of aromatic amines is 1. The van der Waals surface area contributed by atoms with Crippen LogP contribution in [0.3, 0.4) is 0 Å². The predicted molar refractivity (Wildman–Crippen MR) is 93.3 cm³/mol. The van der Waals surface area contributed by atoms with Gasteiger partial charge >= 0.3 is 0 Å². The summed E-state index contributed by atoms with van der Waals surface area (Å²) in [6, 6.07) is 5.56. The fraction of sp³-hybridized carbons (Fsp3) is 0.444. The number of aromatic nitrogens is 1. The van der Waals surface area contributed by atoms with Crippen LogP contribution in [0.1, 0.15) is 41.7 Å². The summed E-state index contributed by atoms with van der Waals surface area (Å²) in [5.41, 5.74) is 1.67. The fourth-order valence-corrected chi connectivity index (χ4v) is 4.35. The van der Waals surface area contributed by atoms with Gasteiger partial charge in [-0.2, -0.15) is 0 Å². The molecular weight excluding hydrogens is 326 g/mol. The number of H-pyrrole nitrogens is 1. The zero-order chi connectivity index (χ0) is 16.9. The van der Waals surface area contributed by atoms with Crippen molar-refractivity contribution >= 4 is 34.3 Å². The van der Waals surface area contributed by atoms with Gasteiger partial charge in [-0.3, -0.25) is 9.59 Å². The van der Waals surface area contributed by atoms with Crippen LogP contribution in [0.2, 0.25) is 5.02 Å². The first-order chi connectivity index (χ1) is 11.5. The van der Waals surface area contributed by atoms with E-state index >= 15 is 0 Å². The minimum atomic E-state index is -0.670. The molecule has 5 nitrogen and oxygen atoms in total. The van der Waals surface area contributed by atoms with Crippen LogP contribution in [0.5, 0.6) is 0 Å². The molecule has 2 fully saturated rings. The SMILES string of the molecule is Cc1c(C(=O)N2CCCC23CCCNC3=O)[nH]c2ccc(Cl)cc12. The Hall–Kier alpha value is -2.01. The Morgan fingerprint density at radius 3 is 2.88 bits per heavy atom. The van der Waals surface area contributed by atoms with Crippen LogP contribution in [0.4, 0.5) is 0 Å². The van der Waals surface area contributed by atoms with Gasteiger partial charge in [0.25, 0.3) is 5.91 Å². The number of nitrogens with zero attached hydrogens (tertiary/aromatic N) is 1. The number of halogens is 1. The van der Waals surface area contributed by atoms with Gasteiger partial charge in [-0.25, -0.2) is 0 Å². The third-order valence-corrected chi connectivity index (χ3v) is 5.68. The number of carbonyl (C=O) groups excluding carboxylic acids is 2. The number of carbonyl (C=O) groups is 2. The van der Waals surface area contributed by atoms with Crippen molar-refractivity contribution in [3.05, 3.63) is 34.5 Å². The second kappa shape index (κ2) is 5.52. The molecule has 0 aliphatic carbocycles. The summed E-state index contributed by atoms with van der Waals surface area (Å²) in [5, 5.41) is 4.54. The summed E-state index contributed by atoms with van der Waals surface area (Å²) < 4.78 is 0. The normalized spacial score (nSPS) is 23.9. The molecule has 0 saturated carbocycles. The highest BCUT2D eigenvalue weighted by Crippen LogP contribution is 2.37. The third-order valence-electron chi connectivity index (χ3n) is 5.44. The molecule has 0 bridgehead atoms. The quantitative estimate of drug-likeness (QED) is 0.834. The molecule has 1 aromatic carbocycles. The van der Waals surface area contributed by atoms with Crippen molar-refractivity contribution < 1.29 is 9.59 Å². The first-order valence-electron chi connectivity index (χ1n) is 8.41. The molecule has 1 unspecified atom stereocenters. The van der Waals surface area contributed by atoms with Gasteiger partial charge in [-0.15, -0.1) is 0 Å². The van der Waals surface area contributed by atoms with Gasteiger partial charge in [0.1, 0.15) is 11.2 Å². The number of fused-ring (bicyclic) bond motifs is 1. The number of benzene rings is 1. The Morgan fingerprint density at radius 1 is 1.29 bits per heavy atom. The second-order valence-electron chi connectivity index (χ2n) is 6.77. The van der Waals surface area contributed by atoms with E-state index in [0.29, 0.717) is 23.8 Å². The summed E-state index contributed by atoms with van der Waals surface area (Å²) in [7, 11) is 0. The van der Waals surface area contributed by atoms with E-state index in [0.717, 1.165) is 42.1 Å². The zero-order valence-electron chi connectivity index (χ0n) is 13.6. The number of rotatable bonds is 1. The molecule has 3 heterocycles. The van der Waals surface area contributed by atoms with Gasteiger partial charge in [0, 0.05) is 29.0 Å². The lowest BCUT2D eigenvalue weighted by molar-refractivity contribution is -0.133. The van der Waals surface area contributed by atoms with Crippen molar-refractivity contribution in [1.82, 2.24) is 15.2 Å². The van der Waals surface area contributed by atoms with Crippen molar-refractivity contribution in [1.29, 1.82) is 0 Å². The standard InChI is InChI=1S/C18H20ClN3O2/c1-11-13-10-12(19)4-5-14(13)21-15(11)16(23)22-9-3-7-18(22)6-2-8-20-17(18)24/h4-5,10,21H,2-3,6-9H2,1H3,(H,20,24). The second-order valence-corrected chi connectivity index (χ2v) is 7.20. The van der Waals surface area contributed by atoms with Crippen molar-refractivity contribution in [2.24, 2.45) is 0 Å². The maximum Gasteiger partial charge on any atom is 0.271 e. The average Bonchev–Trinajstić information content (AvgIpc) is 3.13. The molecule has 6 heteroatoms. The van der Waals surface area contributed by atoms with Crippen LogP contribution in [-0.2, 0) is 4.79 Å². The Morgan fingerprint density at radius 2 is 2.08 bits per heavy atom. The fourth-order valence-electron chi connectivity index (χ4n) is 4.18. The first-order valence-corrected chi connectivity index (χ1v) is 8.79. The van der Waals surface area contributed by atoms with Crippen LogP contribution in [0.25, 0.3) is 10.9 Å². The highest BCUT2D eigenvalue weighted by Gasteiger charge is 2.50. The lowest BCUT2D eigenvalue weighted by Crippen LogP contribution is -2.60. The molecule has 1 spiro atoms. The van der Waals surface area contributed by atoms with Gasteiger partial charge in [-0.05, 0) is 56.4 Å². The maximum atomic E-state index is 13.2. The number of likely N-dealkylation sites (tertiary alicyclic amines) is 1. The molecule has 126 valence electrons. The molecule has 1 atom stereocenters. The largest absolute Gasteiger partial charge is 0.354 e. The molecule has 2 saturated heterocycles. The zero-order valence-corrected chi connectivity index (χ0v) is 14.4. The number of amides is 2. The lowest BCUT2D eigenvalue weighted by Gasteiger charge is -2.40. The van der Waals surface area contributed by atoms with E-state index in [1.165, 1.54) is 0 Å². The van der Waals surface area contributed by atoms with E-state index in [-0.39, 0.29) is 11.8 Å². The number of hydrogen-bond donors (Lipinski definition) is 2. The van der Waals surface area contributed by atoms with Gasteiger partial charge < -0.3 is 15.2 Å². The molecule has 24 heavy (non-hydrogen) atoms. The predicted octanol–water partition coefficient (Wildman–Crippen LogP) is 3.01. The van der Waals surface area contributed by atoms with Crippen LogP contribution >= 0.6 is 11.6 Å². The summed E-state index contributed by atoms with van der Waals surface area (Å²) in [6.45, 7) is 3.25. The number of aryl methyl sites for hydroxylation is 1. The molecule has 1 aromatic heterocycles. The van der Waals surface area contributed by atoms with E-state index in [9.17, 15) is 9.59 Å². The van der Waals surface area contributed by atoms with Crippen LogP contribution in [-0.4, -0.2) is 40.3 Å². The van der Waals surface area contributed by atoms with E-state index in [4.69, 9.17) is 11.6 Å². The highest BCUT2D eigenvalue weighted by atomic mass is 35.5. The minimum absolute atomic E-state index is 0.00333. The van der Waals surface area contributed by atoms with E-state index in [2.05, 4.69) is 10.3 Å². The Balaban J connectivity index is 1.75. The monoisotopic (exact) mass is 345 g/mol. The van der Waals surface area contributed by atoms with E-state index in [1.807, 2.05) is 19.1 Å². The Labute approximate surface area is 145 Å². The molecule has 2 amide bonds. The average molecular weight is 346 g/mol. The summed E-state index contributed by atoms with van der Waals surface area (Å²) in [6.07, 6.45) is 3.27. The molecule has 2 aromatic rings. The molecule has 4 rings (SSSR count). The summed E-state index contributed by atoms with van der Waals surface area (Å²) in [5.74, 6) is -0.0919. The minimum Gasteiger partial charge on any atom is -0.354 e. The Kier molecular flexibility index (Phi) is 3.57. The molecule has 2 aliphatic rings.